The summed E-state index contributed by atoms with van der Waals surface area (Å²) in [4.78, 5) is 21.9. The Balaban J connectivity index is 3.26. The second-order valence-electron chi connectivity index (χ2n) is 3.77. The first-order valence-corrected chi connectivity index (χ1v) is 6.20. The van der Waals surface area contributed by atoms with E-state index in [1.54, 1.807) is 0 Å². The Morgan fingerprint density at radius 1 is 1.00 bits per heavy atom. The summed E-state index contributed by atoms with van der Waals surface area (Å²) in [5.74, 6) is -0.220. The fourth-order valence-electron chi connectivity index (χ4n) is 1.31. The molecule has 17 heavy (non-hydrogen) atoms. The van der Waals surface area contributed by atoms with Gasteiger partial charge in [0.05, 0.1) is 0 Å². The van der Waals surface area contributed by atoms with Gasteiger partial charge in [-0.3, -0.25) is 4.79 Å². The topological polar surface area (TPSA) is 64.6 Å². The average molecular weight is 245 g/mol. The monoisotopic (exact) mass is 245 g/mol. The van der Waals surface area contributed by atoms with Crippen LogP contribution in [0.3, 0.4) is 0 Å². The zero-order valence-corrected chi connectivity index (χ0v) is 10.8. The number of hydrogen-bond donors (Lipinski definition) is 1. The molecule has 0 aromatic heterocycles. The number of esters is 1. The Bertz CT molecular complexity index is 219. The summed E-state index contributed by atoms with van der Waals surface area (Å²) in [6, 6.07) is 0. The Labute approximate surface area is 103 Å². The highest BCUT2D eigenvalue weighted by Crippen LogP contribution is 2.05. The van der Waals surface area contributed by atoms with Gasteiger partial charge in [-0.15, -0.1) is 0 Å². The molecule has 1 amide bonds. The molecule has 0 bridgehead atoms. The molecule has 0 unspecified atom stereocenters. The third kappa shape index (κ3) is 11.0. The second-order valence-corrected chi connectivity index (χ2v) is 3.77. The van der Waals surface area contributed by atoms with Crippen LogP contribution in [0.1, 0.15) is 45.4 Å². The van der Waals surface area contributed by atoms with Crippen LogP contribution in [0.5, 0.6) is 0 Å². The molecule has 0 aromatic rings. The van der Waals surface area contributed by atoms with Crippen LogP contribution in [0.25, 0.3) is 0 Å². The van der Waals surface area contributed by atoms with Gasteiger partial charge in [-0.1, -0.05) is 32.6 Å². The van der Waals surface area contributed by atoms with Gasteiger partial charge in [0.25, 0.3) is 0 Å². The van der Waals surface area contributed by atoms with Gasteiger partial charge in [-0.25, -0.2) is 4.79 Å². The number of hydrogen-bond acceptors (Lipinski definition) is 4. The highest BCUT2D eigenvalue weighted by Gasteiger charge is 2.03. The quantitative estimate of drug-likeness (QED) is 0.500. The van der Waals surface area contributed by atoms with Gasteiger partial charge >= 0.3 is 12.1 Å². The lowest BCUT2D eigenvalue weighted by atomic mass is 10.1. The van der Waals surface area contributed by atoms with Gasteiger partial charge in [-0.05, 0) is 6.42 Å². The minimum Gasteiger partial charge on any atom is -0.462 e. The van der Waals surface area contributed by atoms with Crippen molar-refractivity contribution in [1.29, 1.82) is 0 Å². The van der Waals surface area contributed by atoms with Crippen molar-refractivity contribution in [2.75, 3.05) is 20.3 Å². The van der Waals surface area contributed by atoms with Crippen molar-refractivity contribution in [3.63, 3.8) is 0 Å². The highest BCUT2D eigenvalue weighted by molar-refractivity contribution is 5.69. The van der Waals surface area contributed by atoms with Gasteiger partial charge in [0.15, 0.2) is 0 Å². The first-order valence-electron chi connectivity index (χ1n) is 6.20. The molecule has 5 nitrogen and oxygen atoms in total. The van der Waals surface area contributed by atoms with Crippen LogP contribution in [-0.2, 0) is 14.3 Å². The molecule has 0 fully saturated rings. The smallest absolute Gasteiger partial charge is 0.406 e. The van der Waals surface area contributed by atoms with E-state index in [9.17, 15) is 9.59 Å². The molecule has 0 aliphatic rings. The SMILES string of the molecule is CCCCCCCC(=O)OCCOC(=O)NC. The maximum atomic E-state index is 11.2. The molecule has 0 rings (SSSR count). The van der Waals surface area contributed by atoms with Crippen LogP contribution in [0.2, 0.25) is 0 Å². The molecule has 0 radical (unpaired) electrons. The van der Waals surface area contributed by atoms with Crippen LogP contribution in [-0.4, -0.2) is 32.3 Å². The summed E-state index contributed by atoms with van der Waals surface area (Å²) in [5.41, 5.74) is 0. The fourth-order valence-corrected chi connectivity index (χ4v) is 1.31. The Hall–Kier alpha value is -1.26. The Morgan fingerprint density at radius 2 is 1.65 bits per heavy atom. The zero-order chi connectivity index (χ0) is 12.9. The van der Waals surface area contributed by atoms with Crippen LogP contribution in [0, 0.1) is 0 Å². The van der Waals surface area contributed by atoms with Crippen molar-refractivity contribution in [2.45, 2.75) is 45.4 Å². The first-order chi connectivity index (χ1) is 8.20. The van der Waals surface area contributed by atoms with Gasteiger partial charge in [0.2, 0.25) is 0 Å². The van der Waals surface area contributed by atoms with E-state index in [4.69, 9.17) is 4.74 Å². The molecule has 0 spiro atoms. The third-order valence-electron chi connectivity index (χ3n) is 2.27. The maximum Gasteiger partial charge on any atom is 0.406 e. The van der Waals surface area contributed by atoms with Crippen molar-refractivity contribution in [1.82, 2.24) is 5.32 Å². The first kappa shape index (κ1) is 15.7. The van der Waals surface area contributed by atoms with E-state index in [0.29, 0.717) is 6.42 Å². The third-order valence-corrected chi connectivity index (χ3v) is 2.27. The van der Waals surface area contributed by atoms with Crippen LogP contribution >= 0.6 is 0 Å². The maximum absolute atomic E-state index is 11.2. The van der Waals surface area contributed by atoms with Crippen molar-refractivity contribution in [3.8, 4) is 0 Å². The highest BCUT2D eigenvalue weighted by atomic mass is 16.6. The number of unbranched alkanes of at least 4 members (excludes halogenated alkanes) is 4. The lowest BCUT2D eigenvalue weighted by Gasteiger charge is -2.05. The fraction of sp³-hybridized carbons (Fsp3) is 0.833. The summed E-state index contributed by atoms with van der Waals surface area (Å²) in [7, 11) is 1.48. The summed E-state index contributed by atoms with van der Waals surface area (Å²) in [6.07, 6.45) is 5.46. The Morgan fingerprint density at radius 3 is 2.29 bits per heavy atom. The van der Waals surface area contributed by atoms with E-state index < -0.39 is 6.09 Å². The molecule has 0 aliphatic heterocycles. The number of carbonyl (C=O) groups excluding carboxylic acids is 2. The predicted molar refractivity (Wildman–Crippen MR) is 64.7 cm³/mol. The van der Waals surface area contributed by atoms with Gasteiger partial charge < -0.3 is 14.8 Å². The molecule has 0 aromatic carbocycles. The van der Waals surface area contributed by atoms with E-state index in [1.807, 2.05) is 0 Å². The van der Waals surface area contributed by atoms with Gasteiger partial charge in [0, 0.05) is 13.5 Å². The van der Waals surface area contributed by atoms with E-state index in [-0.39, 0.29) is 19.2 Å². The van der Waals surface area contributed by atoms with Crippen molar-refractivity contribution >= 4 is 12.1 Å². The predicted octanol–water partition coefficient (Wildman–Crippen LogP) is 2.25. The number of amides is 1. The largest absolute Gasteiger partial charge is 0.462 e. The number of carbonyl (C=O) groups is 2. The molecule has 0 atom stereocenters. The zero-order valence-electron chi connectivity index (χ0n) is 10.8. The van der Waals surface area contributed by atoms with Crippen LogP contribution in [0.15, 0.2) is 0 Å². The standard InChI is InChI=1S/C12H23NO4/c1-3-4-5-6-7-8-11(14)16-9-10-17-12(15)13-2/h3-10H2,1-2H3,(H,13,15). The van der Waals surface area contributed by atoms with Gasteiger partial charge in [0.1, 0.15) is 13.2 Å². The van der Waals surface area contributed by atoms with E-state index in [2.05, 4.69) is 17.0 Å². The lowest BCUT2D eigenvalue weighted by molar-refractivity contribution is -0.144. The van der Waals surface area contributed by atoms with E-state index in [0.717, 1.165) is 12.8 Å². The Kier molecular flexibility index (Phi) is 10.4. The molecule has 1 N–H and O–H groups in total. The molecule has 0 saturated heterocycles. The number of alkyl carbamates (subject to hydrolysis) is 1. The van der Waals surface area contributed by atoms with Crippen molar-refractivity contribution < 1.29 is 19.1 Å². The van der Waals surface area contributed by atoms with Gasteiger partial charge in [-0.2, -0.15) is 0 Å². The molecule has 100 valence electrons. The molecule has 0 saturated carbocycles. The summed E-state index contributed by atoms with van der Waals surface area (Å²) in [5, 5.41) is 2.31. The molecule has 5 heteroatoms. The average Bonchev–Trinajstić information content (AvgIpc) is 2.34. The molecular formula is C12H23NO4. The molecule has 0 heterocycles. The normalized spacial score (nSPS) is 9.76. The van der Waals surface area contributed by atoms with Crippen molar-refractivity contribution in [3.05, 3.63) is 0 Å². The number of nitrogens with one attached hydrogen (secondary N) is 1. The summed E-state index contributed by atoms with van der Waals surface area (Å²) >= 11 is 0. The number of rotatable bonds is 9. The molecule has 0 aliphatic carbocycles. The van der Waals surface area contributed by atoms with E-state index >= 15 is 0 Å². The second kappa shape index (κ2) is 11.2. The molecular weight excluding hydrogens is 222 g/mol. The van der Waals surface area contributed by atoms with E-state index in [1.165, 1.54) is 26.3 Å². The minimum absolute atomic E-state index is 0.0985. The number of ether oxygens (including phenoxy) is 2. The van der Waals surface area contributed by atoms with Crippen LogP contribution in [0.4, 0.5) is 4.79 Å². The van der Waals surface area contributed by atoms with Crippen LogP contribution < -0.4 is 5.32 Å². The lowest BCUT2D eigenvalue weighted by Crippen LogP contribution is -2.22. The summed E-state index contributed by atoms with van der Waals surface area (Å²) < 4.78 is 9.57. The van der Waals surface area contributed by atoms with Crippen molar-refractivity contribution in [2.24, 2.45) is 0 Å². The minimum atomic E-state index is -0.513. The summed E-state index contributed by atoms with van der Waals surface area (Å²) in [6.45, 7) is 2.38.